The van der Waals surface area contributed by atoms with Crippen LogP contribution in [-0.2, 0) is 5.41 Å². The van der Waals surface area contributed by atoms with Crippen LogP contribution in [0.5, 0.6) is 0 Å². The molecule has 0 saturated carbocycles. The van der Waals surface area contributed by atoms with Gasteiger partial charge in [-0.25, -0.2) is 4.98 Å². The molecule has 106 valence electrons. The second-order valence-corrected chi connectivity index (χ2v) is 6.26. The first kappa shape index (κ1) is 11.9. The first-order chi connectivity index (χ1) is 10.7. The summed E-state index contributed by atoms with van der Waals surface area (Å²) in [5.74, 6) is 0.987. The molecule has 5 rings (SSSR count). The van der Waals surface area contributed by atoms with E-state index in [4.69, 9.17) is 0 Å². The molecule has 0 bridgehead atoms. The monoisotopic (exact) mass is 286 g/mol. The van der Waals surface area contributed by atoms with Crippen molar-refractivity contribution in [1.29, 1.82) is 0 Å². The molecule has 0 atom stereocenters. The number of hydrogen-bond donors (Lipinski definition) is 0. The molecule has 5 heterocycles. The molecule has 0 spiro atoms. The van der Waals surface area contributed by atoms with Crippen molar-refractivity contribution in [3.63, 3.8) is 0 Å². The molecule has 0 amide bonds. The lowest BCUT2D eigenvalue weighted by molar-refractivity contribution is 0.623. The zero-order valence-corrected chi connectivity index (χ0v) is 12.4. The van der Waals surface area contributed by atoms with Crippen LogP contribution in [0.1, 0.15) is 25.0 Å². The Morgan fingerprint density at radius 3 is 2.50 bits per heavy atom. The van der Waals surface area contributed by atoms with Crippen molar-refractivity contribution in [3.05, 3.63) is 60.0 Å². The molecule has 4 heteroatoms. The van der Waals surface area contributed by atoms with Gasteiger partial charge in [-0.05, 0) is 29.8 Å². The summed E-state index contributed by atoms with van der Waals surface area (Å²) in [4.78, 5) is 13.8. The predicted octanol–water partition coefficient (Wildman–Crippen LogP) is 3.61. The summed E-state index contributed by atoms with van der Waals surface area (Å²) >= 11 is 0. The van der Waals surface area contributed by atoms with E-state index in [1.165, 1.54) is 11.1 Å². The number of pyridine rings is 3. The van der Waals surface area contributed by atoms with Gasteiger partial charge < -0.3 is 0 Å². The van der Waals surface area contributed by atoms with E-state index in [-0.39, 0.29) is 5.41 Å². The molecule has 4 aromatic rings. The maximum atomic E-state index is 4.67. The highest BCUT2D eigenvalue weighted by Crippen LogP contribution is 2.45. The van der Waals surface area contributed by atoms with Crippen molar-refractivity contribution < 1.29 is 0 Å². The predicted molar refractivity (Wildman–Crippen MR) is 86.3 cm³/mol. The lowest BCUT2D eigenvalue weighted by Gasteiger charge is -2.33. The van der Waals surface area contributed by atoms with E-state index in [9.17, 15) is 0 Å². The number of rotatable bonds is 0. The van der Waals surface area contributed by atoms with Gasteiger partial charge in [0, 0.05) is 29.6 Å². The molecule has 0 aliphatic carbocycles. The Morgan fingerprint density at radius 1 is 0.818 bits per heavy atom. The van der Waals surface area contributed by atoms with Gasteiger partial charge in [-0.1, -0.05) is 19.9 Å². The molecule has 4 nitrogen and oxygen atoms in total. The van der Waals surface area contributed by atoms with E-state index in [2.05, 4.69) is 51.6 Å². The van der Waals surface area contributed by atoms with E-state index in [0.29, 0.717) is 0 Å². The highest BCUT2D eigenvalue weighted by Gasteiger charge is 2.36. The van der Waals surface area contributed by atoms with Crippen LogP contribution in [-0.4, -0.2) is 19.5 Å². The van der Waals surface area contributed by atoms with Gasteiger partial charge in [-0.3, -0.25) is 14.5 Å². The minimum atomic E-state index is -0.102. The zero-order chi connectivity index (χ0) is 14.9. The summed E-state index contributed by atoms with van der Waals surface area (Å²) in [7, 11) is 0. The van der Waals surface area contributed by atoms with E-state index < -0.39 is 0 Å². The van der Waals surface area contributed by atoms with Crippen LogP contribution in [0, 0.1) is 0 Å². The van der Waals surface area contributed by atoms with Crippen molar-refractivity contribution in [2.45, 2.75) is 19.3 Å². The standard InChI is InChI=1S/C18H14N4/c1-18(2)11-7-10-20-15-14-13(6-4-8-19-14)22(16(11)15)17-12(18)5-3-9-21-17/h3-10H,1-2H3. The Bertz CT molecular complexity index is 1060. The van der Waals surface area contributed by atoms with Crippen LogP contribution in [0.2, 0.25) is 0 Å². The lowest BCUT2D eigenvalue weighted by atomic mass is 9.76. The van der Waals surface area contributed by atoms with Gasteiger partial charge in [-0.2, -0.15) is 0 Å². The maximum absolute atomic E-state index is 4.67. The second kappa shape index (κ2) is 3.71. The van der Waals surface area contributed by atoms with Crippen LogP contribution in [0.3, 0.4) is 0 Å². The van der Waals surface area contributed by atoms with Crippen molar-refractivity contribution in [3.8, 4) is 5.82 Å². The molecular weight excluding hydrogens is 272 g/mol. The summed E-state index contributed by atoms with van der Waals surface area (Å²) in [5.41, 5.74) is 6.49. The van der Waals surface area contributed by atoms with Gasteiger partial charge in [-0.15, -0.1) is 0 Å². The summed E-state index contributed by atoms with van der Waals surface area (Å²) in [6.07, 6.45) is 5.56. The minimum Gasteiger partial charge on any atom is -0.290 e. The zero-order valence-electron chi connectivity index (χ0n) is 12.4. The quantitative estimate of drug-likeness (QED) is 0.496. The average molecular weight is 286 g/mol. The third kappa shape index (κ3) is 1.21. The largest absolute Gasteiger partial charge is 0.290 e. The minimum absolute atomic E-state index is 0.102. The number of hydrogen-bond acceptors (Lipinski definition) is 3. The van der Waals surface area contributed by atoms with Gasteiger partial charge >= 0.3 is 0 Å². The molecule has 0 radical (unpaired) electrons. The average Bonchev–Trinajstić information content (AvgIpc) is 2.88. The Morgan fingerprint density at radius 2 is 1.59 bits per heavy atom. The third-order valence-corrected chi connectivity index (χ3v) is 4.74. The molecule has 22 heavy (non-hydrogen) atoms. The van der Waals surface area contributed by atoms with Gasteiger partial charge in [0.25, 0.3) is 0 Å². The van der Waals surface area contributed by atoms with Gasteiger partial charge in [0.05, 0.1) is 11.0 Å². The lowest BCUT2D eigenvalue weighted by Crippen LogP contribution is -2.27. The summed E-state index contributed by atoms with van der Waals surface area (Å²) in [5, 5.41) is 0. The van der Waals surface area contributed by atoms with Crippen LogP contribution in [0.25, 0.3) is 27.9 Å². The van der Waals surface area contributed by atoms with E-state index in [1.54, 1.807) is 0 Å². The van der Waals surface area contributed by atoms with Crippen molar-refractivity contribution >= 4 is 22.1 Å². The van der Waals surface area contributed by atoms with E-state index in [0.717, 1.165) is 27.9 Å². The fourth-order valence-corrected chi connectivity index (χ4v) is 3.67. The van der Waals surface area contributed by atoms with Crippen molar-refractivity contribution in [1.82, 2.24) is 19.5 Å². The number of nitrogens with zero attached hydrogens (tertiary/aromatic N) is 4. The van der Waals surface area contributed by atoms with E-state index >= 15 is 0 Å². The summed E-state index contributed by atoms with van der Waals surface area (Å²) in [6, 6.07) is 10.3. The fourth-order valence-electron chi connectivity index (χ4n) is 3.67. The fraction of sp³-hybridized carbons (Fsp3) is 0.167. The Labute approximate surface area is 127 Å². The SMILES string of the molecule is CC1(C)c2cccnc2-n2c3cccnc3c3nccc1c32. The molecule has 0 saturated heterocycles. The van der Waals surface area contributed by atoms with Crippen LogP contribution < -0.4 is 0 Å². The summed E-state index contributed by atoms with van der Waals surface area (Å²) in [6.45, 7) is 4.49. The van der Waals surface area contributed by atoms with Crippen LogP contribution >= 0.6 is 0 Å². The Kier molecular flexibility index (Phi) is 2.00. The van der Waals surface area contributed by atoms with Gasteiger partial charge in [0.2, 0.25) is 0 Å². The smallest absolute Gasteiger partial charge is 0.141 e. The highest BCUT2D eigenvalue weighted by atomic mass is 15.1. The van der Waals surface area contributed by atoms with Crippen molar-refractivity contribution in [2.24, 2.45) is 0 Å². The van der Waals surface area contributed by atoms with Crippen LogP contribution in [0.15, 0.2) is 48.9 Å². The second-order valence-electron chi connectivity index (χ2n) is 6.26. The molecule has 1 aliphatic rings. The molecule has 0 aromatic carbocycles. The Hall–Kier alpha value is -2.75. The third-order valence-electron chi connectivity index (χ3n) is 4.74. The topological polar surface area (TPSA) is 43.6 Å². The molecule has 0 N–H and O–H groups in total. The van der Waals surface area contributed by atoms with E-state index in [1.807, 2.05) is 30.7 Å². The van der Waals surface area contributed by atoms with Gasteiger partial charge in [0.15, 0.2) is 0 Å². The maximum Gasteiger partial charge on any atom is 0.141 e. The van der Waals surface area contributed by atoms with Crippen LogP contribution in [0.4, 0.5) is 0 Å². The number of aromatic nitrogens is 4. The Balaban J connectivity index is 2.15. The summed E-state index contributed by atoms with van der Waals surface area (Å²) < 4.78 is 2.21. The molecular formula is C18H14N4. The first-order valence-electron chi connectivity index (χ1n) is 7.40. The number of fused-ring (bicyclic) bond motifs is 5. The first-order valence-corrected chi connectivity index (χ1v) is 7.40. The molecule has 1 aliphatic heterocycles. The van der Waals surface area contributed by atoms with Crippen molar-refractivity contribution in [2.75, 3.05) is 0 Å². The molecule has 4 aromatic heterocycles. The normalized spacial score (nSPS) is 15.2. The van der Waals surface area contributed by atoms with Gasteiger partial charge in [0.1, 0.15) is 16.9 Å². The highest BCUT2D eigenvalue weighted by molar-refractivity contribution is 6.06. The molecule has 0 unspecified atom stereocenters. The molecule has 0 fully saturated rings.